The maximum atomic E-state index is 12.8. The summed E-state index contributed by atoms with van der Waals surface area (Å²) in [4.78, 5) is 26.7. The molecule has 1 fully saturated rings. The van der Waals surface area contributed by atoms with Crippen molar-refractivity contribution in [3.8, 4) is 5.75 Å². The molecule has 0 bridgehead atoms. The number of likely N-dealkylation sites (N-methyl/N-ethyl adjacent to an activating group) is 1. The summed E-state index contributed by atoms with van der Waals surface area (Å²) in [6, 6.07) is 5.26. The summed E-state index contributed by atoms with van der Waals surface area (Å²) in [7, 11) is 1.71. The number of piperidine rings is 1. The number of halogens is 1. The number of amides is 3. The van der Waals surface area contributed by atoms with E-state index in [1.807, 2.05) is 0 Å². The molecule has 126 valence electrons. The molecule has 3 amide bonds. The average Bonchev–Trinajstić information content (AvgIpc) is 2.56. The van der Waals surface area contributed by atoms with E-state index in [0.717, 1.165) is 12.8 Å². The Morgan fingerprint density at radius 2 is 2.09 bits per heavy atom. The first kappa shape index (κ1) is 17.1. The van der Waals surface area contributed by atoms with Crippen LogP contribution in [-0.4, -0.2) is 55.0 Å². The molecule has 1 aromatic rings. The van der Waals surface area contributed by atoms with Crippen LogP contribution in [0, 0.1) is 11.7 Å². The van der Waals surface area contributed by atoms with Crippen molar-refractivity contribution in [1.29, 1.82) is 0 Å². The largest absolute Gasteiger partial charge is 0.492 e. The number of carbonyl (C=O) groups excluding carboxylic acids is 2. The molecule has 0 aromatic heterocycles. The first-order valence-corrected chi connectivity index (χ1v) is 7.65. The molecule has 1 heterocycles. The number of benzene rings is 1. The quantitative estimate of drug-likeness (QED) is 0.891. The summed E-state index contributed by atoms with van der Waals surface area (Å²) < 4.78 is 18.3. The van der Waals surface area contributed by atoms with E-state index in [0.29, 0.717) is 32.0 Å². The number of hydrogen-bond acceptors (Lipinski definition) is 3. The number of ether oxygens (including phenoxy) is 1. The number of carbonyl (C=O) groups is 2. The summed E-state index contributed by atoms with van der Waals surface area (Å²) >= 11 is 0. The van der Waals surface area contributed by atoms with E-state index in [4.69, 9.17) is 10.5 Å². The van der Waals surface area contributed by atoms with Crippen molar-refractivity contribution in [2.24, 2.45) is 11.7 Å². The first-order chi connectivity index (χ1) is 11.0. The predicted octanol–water partition coefficient (Wildman–Crippen LogP) is 1.45. The maximum absolute atomic E-state index is 12.8. The van der Waals surface area contributed by atoms with Gasteiger partial charge in [0, 0.05) is 20.1 Å². The Bertz CT molecular complexity index is 550. The normalized spacial score (nSPS) is 17.7. The van der Waals surface area contributed by atoms with Crippen LogP contribution in [-0.2, 0) is 4.79 Å². The molecule has 0 unspecified atom stereocenters. The minimum atomic E-state index is -0.482. The first-order valence-electron chi connectivity index (χ1n) is 7.65. The maximum Gasteiger partial charge on any atom is 0.314 e. The fourth-order valence-electron chi connectivity index (χ4n) is 2.63. The van der Waals surface area contributed by atoms with E-state index >= 15 is 0 Å². The summed E-state index contributed by atoms with van der Waals surface area (Å²) in [5, 5.41) is 0. The molecular formula is C16H22FN3O3. The van der Waals surface area contributed by atoms with Gasteiger partial charge in [-0.1, -0.05) is 0 Å². The Morgan fingerprint density at radius 1 is 1.39 bits per heavy atom. The van der Waals surface area contributed by atoms with Crippen LogP contribution in [0.1, 0.15) is 12.8 Å². The highest BCUT2D eigenvalue weighted by Gasteiger charge is 2.29. The number of nitrogens with zero attached hydrogens (tertiary/aromatic N) is 2. The SMILES string of the molecule is CN(CCOc1ccc(F)cc1)C(=O)[C@@H]1CCCN(C(N)=O)C1. The van der Waals surface area contributed by atoms with Crippen LogP contribution < -0.4 is 10.5 Å². The van der Waals surface area contributed by atoms with Gasteiger partial charge in [-0.2, -0.15) is 0 Å². The molecule has 1 atom stereocenters. The van der Waals surface area contributed by atoms with Crippen LogP contribution in [0.2, 0.25) is 0 Å². The number of hydrogen-bond donors (Lipinski definition) is 1. The Morgan fingerprint density at radius 3 is 2.74 bits per heavy atom. The van der Waals surface area contributed by atoms with Gasteiger partial charge in [-0.3, -0.25) is 4.79 Å². The van der Waals surface area contributed by atoms with E-state index in [1.165, 1.54) is 17.0 Å². The van der Waals surface area contributed by atoms with Crippen LogP contribution >= 0.6 is 0 Å². The summed E-state index contributed by atoms with van der Waals surface area (Å²) in [5.74, 6) is 0.0106. The lowest BCUT2D eigenvalue weighted by Crippen LogP contribution is -2.48. The van der Waals surface area contributed by atoms with Crippen LogP contribution in [0.4, 0.5) is 9.18 Å². The molecular weight excluding hydrogens is 301 g/mol. The van der Waals surface area contributed by atoms with E-state index in [2.05, 4.69) is 0 Å². The minimum absolute atomic E-state index is 0.0151. The zero-order valence-electron chi connectivity index (χ0n) is 13.2. The minimum Gasteiger partial charge on any atom is -0.492 e. The number of rotatable bonds is 5. The molecule has 1 aliphatic rings. The third-order valence-electron chi connectivity index (χ3n) is 3.97. The third-order valence-corrected chi connectivity index (χ3v) is 3.97. The van der Waals surface area contributed by atoms with Gasteiger partial charge in [-0.05, 0) is 37.1 Å². The highest BCUT2D eigenvalue weighted by Crippen LogP contribution is 2.18. The van der Waals surface area contributed by atoms with Gasteiger partial charge >= 0.3 is 6.03 Å². The highest BCUT2D eigenvalue weighted by molar-refractivity contribution is 5.80. The van der Waals surface area contributed by atoms with Gasteiger partial charge in [0.05, 0.1) is 12.5 Å². The Hall–Kier alpha value is -2.31. The lowest BCUT2D eigenvalue weighted by Gasteiger charge is -2.32. The lowest BCUT2D eigenvalue weighted by molar-refractivity contribution is -0.135. The van der Waals surface area contributed by atoms with Crippen molar-refractivity contribution in [3.63, 3.8) is 0 Å². The average molecular weight is 323 g/mol. The smallest absolute Gasteiger partial charge is 0.314 e. The topological polar surface area (TPSA) is 75.9 Å². The highest BCUT2D eigenvalue weighted by atomic mass is 19.1. The van der Waals surface area contributed by atoms with Crippen molar-refractivity contribution < 1.29 is 18.7 Å². The fraction of sp³-hybridized carbons (Fsp3) is 0.500. The number of urea groups is 1. The second-order valence-electron chi connectivity index (χ2n) is 5.69. The van der Waals surface area contributed by atoms with E-state index < -0.39 is 6.03 Å². The molecule has 0 radical (unpaired) electrons. The zero-order valence-corrected chi connectivity index (χ0v) is 13.2. The van der Waals surface area contributed by atoms with E-state index in [1.54, 1.807) is 24.1 Å². The van der Waals surface area contributed by atoms with Gasteiger partial charge < -0.3 is 20.3 Å². The molecule has 0 spiro atoms. The predicted molar refractivity (Wildman–Crippen MR) is 83.4 cm³/mol. The fourth-order valence-corrected chi connectivity index (χ4v) is 2.63. The molecule has 1 aliphatic heterocycles. The van der Waals surface area contributed by atoms with Crippen molar-refractivity contribution in [3.05, 3.63) is 30.1 Å². The van der Waals surface area contributed by atoms with Crippen molar-refractivity contribution in [2.75, 3.05) is 33.3 Å². The molecule has 7 heteroatoms. The standard InChI is InChI=1S/C16H22FN3O3/c1-19(9-10-23-14-6-4-13(17)5-7-14)15(21)12-3-2-8-20(11-12)16(18)22/h4-7,12H,2-3,8-11H2,1H3,(H2,18,22)/t12-/m1/s1. The Balaban J connectivity index is 1.78. The van der Waals surface area contributed by atoms with Crippen LogP contribution in [0.3, 0.4) is 0 Å². The molecule has 1 saturated heterocycles. The third kappa shape index (κ3) is 4.84. The van der Waals surface area contributed by atoms with Crippen molar-refractivity contribution in [1.82, 2.24) is 9.80 Å². The molecule has 0 saturated carbocycles. The monoisotopic (exact) mass is 323 g/mol. The van der Waals surface area contributed by atoms with Crippen LogP contribution in [0.15, 0.2) is 24.3 Å². The van der Waals surface area contributed by atoms with Gasteiger partial charge in [0.15, 0.2) is 0 Å². The number of likely N-dealkylation sites (tertiary alicyclic amines) is 1. The van der Waals surface area contributed by atoms with E-state index in [9.17, 15) is 14.0 Å². The molecule has 2 N–H and O–H groups in total. The summed E-state index contributed by atoms with van der Waals surface area (Å²) in [6.07, 6.45) is 1.53. The number of nitrogens with two attached hydrogens (primary N) is 1. The van der Waals surface area contributed by atoms with Crippen molar-refractivity contribution in [2.45, 2.75) is 12.8 Å². The molecule has 1 aromatic carbocycles. The van der Waals surface area contributed by atoms with Gasteiger partial charge in [0.2, 0.25) is 5.91 Å². The second kappa shape index (κ2) is 7.80. The van der Waals surface area contributed by atoms with Gasteiger partial charge in [0.25, 0.3) is 0 Å². The zero-order chi connectivity index (χ0) is 16.8. The second-order valence-corrected chi connectivity index (χ2v) is 5.69. The molecule has 0 aliphatic carbocycles. The van der Waals surface area contributed by atoms with Crippen LogP contribution in [0.25, 0.3) is 0 Å². The summed E-state index contributed by atoms with van der Waals surface area (Å²) in [6.45, 7) is 1.72. The number of primary amides is 1. The Labute approximate surface area is 135 Å². The molecule has 23 heavy (non-hydrogen) atoms. The molecule has 2 rings (SSSR count). The Kier molecular flexibility index (Phi) is 5.78. The van der Waals surface area contributed by atoms with Gasteiger partial charge in [-0.25, -0.2) is 9.18 Å². The van der Waals surface area contributed by atoms with E-state index in [-0.39, 0.29) is 17.6 Å². The lowest BCUT2D eigenvalue weighted by atomic mass is 9.97. The molecule has 6 nitrogen and oxygen atoms in total. The van der Waals surface area contributed by atoms with Crippen molar-refractivity contribution >= 4 is 11.9 Å². The summed E-state index contributed by atoms with van der Waals surface area (Å²) in [5.41, 5.74) is 5.28. The van der Waals surface area contributed by atoms with Gasteiger partial charge in [0.1, 0.15) is 18.2 Å². The van der Waals surface area contributed by atoms with Crippen LogP contribution in [0.5, 0.6) is 5.75 Å². The van der Waals surface area contributed by atoms with Gasteiger partial charge in [-0.15, -0.1) is 0 Å².